The highest BCUT2D eigenvalue weighted by molar-refractivity contribution is 6.00. The summed E-state index contributed by atoms with van der Waals surface area (Å²) in [4.78, 5) is 23.4. The first kappa shape index (κ1) is 12.8. The zero-order valence-corrected chi connectivity index (χ0v) is 10.6. The molecule has 0 unspecified atom stereocenters. The Hall–Kier alpha value is -1.64. The number of benzene rings is 1. The third-order valence-corrected chi connectivity index (χ3v) is 3.82. The van der Waals surface area contributed by atoms with Gasteiger partial charge in [-0.25, -0.2) is 0 Å². The summed E-state index contributed by atoms with van der Waals surface area (Å²) in [6.07, 6.45) is 3.10. The van der Waals surface area contributed by atoms with Gasteiger partial charge >= 0.3 is 5.97 Å². The molecule has 3 nitrogen and oxygen atoms in total. The van der Waals surface area contributed by atoms with Gasteiger partial charge in [-0.1, -0.05) is 37.6 Å². The second-order valence-electron chi connectivity index (χ2n) is 4.90. The zero-order chi connectivity index (χ0) is 13.1. The lowest BCUT2D eigenvalue weighted by Gasteiger charge is -2.14. The summed E-state index contributed by atoms with van der Waals surface area (Å²) in [6.45, 7) is 2.06. The number of carboxylic acids is 1. The molecule has 1 aromatic carbocycles. The molecule has 1 aromatic rings. The molecule has 1 saturated carbocycles. The maximum absolute atomic E-state index is 12.3. The van der Waals surface area contributed by atoms with E-state index in [0.717, 1.165) is 12.8 Å². The quantitative estimate of drug-likeness (QED) is 0.831. The maximum Gasteiger partial charge on any atom is 0.307 e. The van der Waals surface area contributed by atoms with Crippen molar-refractivity contribution in [2.24, 2.45) is 11.8 Å². The van der Waals surface area contributed by atoms with Gasteiger partial charge in [-0.3, -0.25) is 9.59 Å². The van der Waals surface area contributed by atoms with Crippen molar-refractivity contribution in [1.29, 1.82) is 0 Å². The van der Waals surface area contributed by atoms with Crippen molar-refractivity contribution in [3.63, 3.8) is 0 Å². The minimum atomic E-state index is -0.837. The number of aryl methyl sites for hydroxylation is 1. The first-order valence-electron chi connectivity index (χ1n) is 6.49. The molecule has 96 valence electrons. The standard InChI is InChI=1S/C15H18O3/c1-2-10-6-8-11(9-7-10)14(16)12-4-3-5-13(12)15(17)18/h6-9,12-13H,2-5H2,1H3,(H,17,18)/t12-,13+/m1/s1. The van der Waals surface area contributed by atoms with E-state index in [9.17, 15) is 9.59 Å². The molecule has 2 atom stereocenters. The zero-order valence-electron chi connectivity index (χ0n) is 10.6. The van der Waals surface area contributed by atoms with Gasteiger partial charge in [0.2, 0.25) is 0 Å². The summed E-state index contributed by atoms with van der Waals surface area (Å²) >= 11 is 0. The lowest BCUT2D eigenvalue weighted by atomic mass is 9.88. The Balaban J connectivity index is 2.17. The third-order valence-electron chi connectivity index (χ3n) is 3.82. The molecule has 1 N–H and O–H groups in total. The number of hydrogen-bond acceptors (Lipinski definition) is 2. The van der Waals surface area contributed by atoms with E-state index in [1.165, 1.54) is 5.56 Å². The number of carboxylic acid groups (broad SMARTS) is 1. The van der Waals surface area contributed by atoms with Gasteiger partial charge in [0.1, 0.15) is 0 Å². The molecule has 2 rings (SSSR count). The third kappa shape index (κ3) is 2.45. The van der Waals surface area contributed by atoms with E-state index < -0.39 is 11.9 Å². The van der Waals surface area contributed by atoms with Crippen LogP contribution < -0.4 is 0 Å². The Labute approximate surface area is 107 Å². The number of aliphatic carboxylic acids is 1. The summed E-state index contributed by atoms with van der Waals surface area (Å²) in [7, 11) is 0. The predicted molar refractivity (Wildman–Crippen MR) is 68.6 cm³/mol. The minimum absolute atomic E-state index is 0.0115. The van der Waals surface area contributed by atoms with E-state index in [0.29, 0.717) is 18.4 Å². The second kappa shape index (κ2) is 5.34. The van der Waals surface area contributed by atoms with Crippen LogP contribution in [0.4, 0.5) is 0 Å². The summed E-state index contributed by atoms with van der Waals surface area (Å²) in [5.74, 6) is -1.68. The normalized spacial score (nSPS) is 22.9. The van der Waals surface area contributed by atoms with E-state index in [2.05, 4.69) is 6.92 Å². The Morgan fingerprint density at radius 1 is 1.17 bits per heavy atom. The van der Waals surface area contributed by atoms with Crippen molar-refractivity contribution in [3.05, 3.63) is 35.4 Å². The molecule has 0 aliphatic heterocycles. The number of ketones is 1. The molecule has 0 aromatic heterocycles. The van der Waals surface area contributed by atoms with Gasteiger partial charge < -0.3 is 5.11 Å². The first-order chi connectivity index (χ1) is 8.63. The molecule has 1 aliphatic rings. The molecule has 0 spiro atoms. The topological polar surface area (TPSA) is 54.4 Å². The molecule has 18 heavy (non-hydrogen) atoms. The fourth-order valence-corrected chi connectivity index (χ4v) is 2.69. The van der Waals surface area contributed by atoms with Gasteiger partial charge in [0.15, 0.2) is 5.78 Å². The van der Waals surface area contributed by atoms with Crippen molar-refractivity contribution in [2.75, 3.05) is 0 Å². The van der Waals surface area contributed by atoms with Crippen LogP contribution in [0.15, 0.2) is 24.3 Å². The SMILES string of the molecule is CCc1ccc(C(=O)[C@@H]2CCC[C@@H]2C(=O)O)cc1. The van der Waals surface area contributed by atoms with Gasteiger partial charge in [0.25, 0.3) is 0 Å². The molecule has 0 radical (unpaired) electrons. The molecule has 0 heterocycles. The van der Waals surface area contributed by atoms with Crippen LogP contribution in [0.25, 0.3) is 0 Å². The van der Waals surface area contributed by atoms with Crippen molar-refractivity contribution in [3.8, 4) is 0 Å². The van der Waals surface area contributed by atoms with Crippen molar-refractivity contribution in [2.45, 2.75) is 32.6 Å². The number of Topliss-reactive ketones (excluding diaryl/α,β-unsaturated/α-hetero) is 1. The molecular formula is C15H18O3. The predicted octanol–water partition coefficient (Wildman–Crippen LogP) is 2.93. The number of hydrogen-bond donors (Lipinski definition) is 1. The van der Waals surface area contributed by atoms with E-state index in [4.69, 9.17) is 5.11 Å². The second-order valence-corrected chi connectivity index (χ2v) is 4.90. The van der Waals surface area contributed by atoms with Crippen LogP contribution in [-0.2, 0) is 11.2 Å². The molecule has 0 saturated heterocycles. The fraction of sp³-hybridized carbons (Fsp3) is 0.467. The van der Waals surface area contributed by atoms with E-state index >= 15 is 0 Å². The molecule has 0 amide bonds. The molecule has 3 heteroatoms. The lowest BCUT2D eigenvalue weighted by molar-refractivity contribution is -0.142. The summed E-state index contributed by atoms with van der Waals surface area (Å²) in [6, 6.07) is 7.52. The van der Waals surface area contributed by atoms with Gasteiger partial charge in [-0.2, -0.15) is 0 Å². The van der Waals surface area contributed by atoms with E-state index in [-0.39, 0.29) is 11.7 Å². The summed E-state index contributed by atoms with van der Waals surface area (Å²) in [5.41, 5.74) is 1.83. The van der Waals surface area contributed by atoms with Crippen molar-refractivity contribution in [1.82, 2.24) is 0 Å². The van der Waals surface area contributed by atoms with Crippen LogP contribution in [0.3, 0.4) is 0 Å². The highest BCUT2D eigenvalue weighted by Crippen LogP contribution is 2.34. The average molecular weight is 246 g/mol. The maximum atomic E-state index is 12.3. The van der Waals surface area contributed by atoms with Gasteiger partial charge in [-0.05, 0) is 24.8 Å². The van der Waals surface area contributed by atoms with E-state index in [1.54, 1.807) is 0 Å². The van der Waals surface area contributed by atoms with Crippen LogP contribution in [0, 0.1) is 11.8 Å². The minimum Gasteiger partial charge on any atom is -0.481 e. The first-order valence-corrected chi connectivity index (χ1v) is 6.49. The summed E-state index contributed by atoms with van der Waals surface area (Å²) in [5, 5.41) is 9.11. The molecule has 0 bridgehead atoms. The Kier molecular flexibility index (Phi) is 3.80. The Morgan fingerprint density at radius 2 is 1.78 bits per heavy atom. The van der Waals surface area contributed by atoms with Crippen LogP contribution in [0.2, 0.25) is 0 Å². The van der Waals surface area contributed by atoms with Crippen LogP contribution in [-0.4, -0.2) is 16.9 Å². The van der Waals surface area contributed by atoms with Gasteiger partial charge in [0.05, 0.1) is 5.92 Å². The van der Waals surface area contributed by atoms with Crippen LogP contribution in [0.1, 0.15) is 42.1 Å². The number of carbonyl (C=O) groups is 2. The Bertz CT molecular complexity index is 447. The molecule has 1 aliphatic carbocycles. The fourth-order valence-electron chi connectivity index (χ4n) is 2.69. The largest absolute Gasteiger partial charge is 0.481 e. The molecular weight excluding hydrogens is 228 g/mol. The summed E-state index contributed by atoms with van der Waals surface area (Å²) < 4.78 is 0. The average Bonchev–Trinajstić information content (AvgIpc) is 2.87. The number of rotatable bonds is 4. The molecule has 1 fully saturated rings. The van der Waals surface area contributed by atoms with Crippen molar-refractivity contribution < 1.29 is 14.7 Å². The van der Waals surface area contributed by atoms with Crippen LogP contribution >= 0.6 is 0 Å². The Morgan fingerprint density at radius 3 is 2.33 bits per heavy atom. The van der Waals surface area contributed by atoms with E-state index in [1.807, 2.05) is 24.3 Å². The highest BCUT2D eigenvalue weighted by atomic mass is 16.4. The van der Waals surface area contributed by atoms with Gasteiger partial charge in [0, 0.05) is 11.5 Å². The van der Waals surface area contributed by atoms with Gasteiger partial charge in [-0.15, -0.1) is 0 Å². The highest BCUT2D eigenvalue weighted by Gasteiger charge is 2.37. The van der Waals surface area contributed by atoms with Crippen molar-refractivity contribution >= 4 is 11.8 Å². The van der Waals surface area contributed by atoms with Crippen LogP contribution in [0.5, 0.6) is 0 Å². The smallest absolute Gasteiger partial charge is 0.307 e. The monoisotopic (exact) mass is 246 g/mol. The number of carbonyl (C=O) groups excluding carboxylic acids is 1. The lowest BCUT2D eigenvalue weighted by Crippen LogP contribution is -2.25.